The molecule has 0 bridgehead atoms. The number of rotatable bonds is 5. The lowest BCUT2D eigenvalue weighted by atomic mass is 9.75. The fourth-order valence-corrected chi connectivity index (χ4v) is 4.23. The van der Waals surface area contributed by atoms with Gasteiger partial charge >= 0.3 is 0 Å². The second kappa shape index (κ2) is 6.81. The number of piperidine rings is 1. The summed E-state index contributed by atoms with van der Waals surface area (Å²) >= 11 is 0. The number of hydrogen-bond acceptors (Lipinski definition) is 6. The van der Waals surface area contributed by atoms with Crippen molar-refractivity contribution in [1.29, 1.82) is 0 Å². The molecule has 1 unspecified atom stereocenters. The van der Waals surface area contributed by atoms with Crippen molar-refractivity contribution in [1.82, 2.24) is 15.0 Å². The smallest absolute Gasteiger partial charge is 0.240 e. The number of amides is 1. The lowest BCUT2D eigenvalue weighted by Gasteiger charge is -2.38. The van der Waals surface area contributed by atoms with Crippen molar-refractivity contribution in [2.45, 2.75) is 31.2 Å². The molecule has 2 aliphatic heterocycles. The van der Waals surface area contributed by atoms with E-state index in [-0.39, 0.29) is 5.91 Å². The van der Waals surface area contributed by atoms with E-state index in [1.165, 1.54) is 0 Å². The minimum absolute atomic E-state index is 0.190. The predicted octanol–water partition coefficient (Wildman–Crippen LogP) is 1.77. The standard InChI is InChI=1S/C19H24N4O3/c1-22-15-7-4-3-6-14(15)19(18(22)24)9-5-10-23(13-19)12-17-20-16(21-26-17)8-11-25-2/h3-4,6-7H,5,8-13H2,1-2H3. The first kappa shape index (κ1) is 17.2. The van der Waals surface area contributed by atoms with Crippen LogP contribution in [0.2, 0.25) is 0 Å². The van der Waals surface area contributed by atoms with E-state index >= 15 is 0 Å². The zero-order chi connectivity index (χ0) is 18.1. The molecule has 1 amide bonds. The fraction of sp³-hybridized carbons (Fsp3) is 0.526. The molecule has 1 aromatic heterocycles. The van der Waals surface area contributed by atoms with Gasteiger partial charge in [-0.25, -0.2) is 0 Å². The van der Waals surface area contributed by atoms with Gasteiger partial charge in [0.1, 0.15) is 0 Å². The second-order valence-corrected chi connectivity index (χ2v) is 7.12. The van der Waals surface area contributed by atoms with Gasteiger partial charge in [-0.3, -0.25) is 9.69 Å². The minimum atomic E-state index is -0.456. The summed E-state index contributed by atoms with van der Waals surface area (Å²) in [4.78, 5) is 21.6. The Bertz CT molecular complexity index is 806. The third-order valence-electron chi connectivity index (χ3n) is 5.47. The Kier molecular flexibility index (Phi) is 4.50. The van der Waals surface area contributed by atoms with Crippen LogP contribution in [0, 0.1) is 0 Å². The maximum atomic E-state index is 13.1. The van der Waals surface area contributed by atoms with Gasteiger partial charge in [0, 0.05) is 32.8 Å². The first-order valence-electron chi connectivity index (χ1n) is 9.04. The number of aromatic nitrogens is 2. The van der Waals surface area contributed by atoms with Gasteiger partial charge in [-0.2, -0.15) is 4.98 Å². The van der Waals surface area contributed by atoms with Crippen LogP contribution in [0.1, 0.15) is 30.1 Å². The first-order valence-corrected chi connectivity index (χ1v) is 9.04. The summed E-state index contributed by atoms with van der Waals surface area (Å²) in [5.74, 6) is 1.45. The average Bonchev–Trinajstić information content (AvgIpc) is 3.19. The van der Waals surface area contributed by atoms with Crippen LogP contribution in [-0.2, 0) is 27.9 Å². The van der Waals surface area contributed by atoms with Crippen molar-refractivity contribution in [3.63, 3.8) is 0 Å². The zero-order valence-electron chi connectivity index (χ0n) is 15.3. The molecule has 1 aromatic carbocycles. The molecule has 4 rings (SSSR count). The molecule has 0 N–H and O–H groups in total. The third kappa shape index (κ3) is 2.81. The van der Waals surface area contributed by atoms with Crippen LogP contribution < -0.4 is 4.90 Å². The van der Waals surface area contributed by atoms with E-state index in [1.807, 2.05) is 25.2 Å². The quantitative estimate of drug-likeness (QED) is 0.813. The summed E-state index contributed by atoms with van der Waals surface area (Å²) in [6, 6.07) is 8.13. The molecule has 7 heteroatoms. The van der Waals surface area contributed by atoms with Crippen molar-refractivity contribution in [2.75, 3.05) is 38.8 Å². The van der Waals surface area contributed by atoms with Gasteiger partial charge in [0.05, 0.1) is 18.6 Å². The Hall–Kier alpha value is -2.25. The van der Waals surface area contributed by atoms with Crippen LogP contribution in [-0.4, -0.2) is 54.8 Å². The molecular formula is C19H24N4O3. The molecule has 0 saturated carbocycles. The Morgan fingerprint density at radius 1 is 1.35 bits per heavy atom. The van der Waals surface area contributed by atoms with Crippen LogP contribution in [0.4, 0.5) is 5.69 Å². The molecule has 2 aliphatic rings. The van der Waals surface area contributed by atoms with Crippen molar-refractivity contribution in [3.8, 4) is 0 Å². The molecule has 1 saturated heterocycles. The summed E-state index contributed by atoms with van der Waals surface area (Å²) < 4.78 is 10.4. The van der Waals surface area contributed by atoms with Gasteiger partial charge < -0.3 is 14.2 Å². The van der Waals surface area contributed by atoms with Crippen molar-refractivity contribution >= 4 is 11.6 Å². The topological polar surface area (TPSA) is 71.7 Å². The number of fused-ring (bicyclic) bond motifs is 2. The second-order valence-electron chi connectivity index (χ2n) is 7.12. The Morgan fingerprint density at radius 3 is 3.04 bits per heavy atom. The molecule has 0 aliphatic carbocycles. The van der Waals surface area contributed by atoms with E-state index in [0.717, 1.165) is 30.6 Å². The predicted molar refractivity (Wildman–Crippen MR) is 95.9 cm³/mol. The Labute approximate surface area is 152 Å². The summed E-state index contributed by atoms with van der Waals surface area (Å²) in [5.41, 5.74) is 1.71. The molecule has 7 nitrogen and oxygen atoms in total. The highest BCUT2D eigenvalue weighted by Gasteiger charge is 2.51. The van der Waals surface area contributed by atoms with Crippen LogP contribution in [0.3, 0.4) is 0 Å². The summed E-state index contributed by atoms with van der Waals surface area (Å²) in [5, 5.41) is 4.00. The molecule has 0 radical (unpaired) electrons. The van der Waals surface area contributed by atoms with Gasteiger partial charge in [-0.15, -0.1) is 0 Å². The van der Waals surface area contributed by atoms with Gasteiger partial charge in [0.25, 0.3) is 0 Å². The van der Waals surface area contributed by atoms with Gasteiger partial charge in [0.2, 0.25) is 11.8 Å². The van der Waals surface area contributed by atoms with Crippen molar-refractivity contribution in [2.24, 2.45) is 0 Å². The number of carbonyl (C=O) groups excluding carboxylic acids is 1. The average molecular weight is 356 g/mol. The number of carbonyl (C=O) groups is 1. The monoisotopic (exact) mass is 356 g/mol. The van der Waals surface area contributed by atoms with E-state index in [2.05, 4.69) is 21.1 Å². The third-order valence-corrected chi connectivity index (χ3v) is 5.47. The molecular weight excluding hydrogens is 332 g/mol. The number of benzene rings is 1. The highest BCUT2D eigenvalue weighted by atomic mass is 16.5. The number of nitrogens with zero attached hydrogens (tertiary/aromatic N) is 4. The fourth-order valence-electron chi connectivity index (χ4n) is 4.23. The zero-order valence-corrected chi connectivity index (χ0v) is 15.3. The van der Waals surface area contributed by atoms with Crippen molar-refractivity contribution < 1.29 is 14.1 Å². The lowest BCUT2D eigenvalue weighted by Crippen LogP contribution is -2.51. The van der Waals surface area contributed by atoms with Crippen LogP contribution in [0.15, 0.2) is 28.8 Å². The van der Waals surface area contributed by atoms with Crippen LogP contribution in [0.5, 0.6) is 0 Å². The molecule has 2 aromatic rings. The number of para-hydroxylation sites is 1. The van der Waals surface area contributed by atoms with Gasteiger partial charge in [0.15, 0.2) is 5.82 Å². The van der Waals surface area contributed by atoms with Crippen LogP contribution >= 0.6 is 0 Å². The van der Waals surface area contributed by atoms with E-state index < -0.39 is 5.41 Å². The Balaban J connectivity index is 1.53. The van der Waals surface area contributed by atoms with E-state index in [9.17, 15) is 4.79 Å². The number of likely N-dealkylation sites (tertiary alicyclic amines) is 1. The van der Waals surface area contributed by atoms with Gasteiger partial charge in [-0.05, 0) is 31.0 Å². The summed E-state index contributed by atoms with van der Waals surface area (Å²) in [7, 11) is 3.52. The maximum Gasteiger partial charge on any atom is 0.240 e. The minimum Gasteiger partial charge on any atom is -0.384 e. The molecule has 1 atom stereocenters. The molecule has 1 fully saturated rings. The van der Waals surface area contributed by atoms with Crippen molar-refractivity contribution in [3.05, 3.63) is 41.5 Å². The number of methoxy groups -OCH3 is 1. The molecule has 138 valence electrons. The number of likely N-dealkylation sites (N-methyl/N-ethyl adjacent to an activating group) is 1. The van der Waals surface area contributed by atoms with Gasteiger partial charge in [-0.1, -0.05) is 23.4 Å². The lowest BCUT2D eigenvalue weighted by molar-refractivity contribution is -0.125. The summed E-state index contributed by atoms with van der Waals surface area (Å²) in [6.45, 7) is 2.75. The van der Waals surface area contributed by atoms with E-state index in [0.29, 0.717) is 37.8 Å². The number of hydrogen-bond donors (Lipinski definition) is 0. The molecule has 26 heavy (non-hydrogen) atoms. The number of ether oxygens (including phenoxy) is 1. The normalized spacial score (nSPS) is 23.0. The highest BCUT2D eigenvalue weighted by molar-refractivity contribution is 6.08. The van der Waals surface area contributed by atoms with Crippen LogP contribution in [0.25, 0.3) is 0 Å². The largest absolute Gasteiger partial charge is 0.384 e. The SMILES string of the molecule is COCCc1noc(CN2CCCC3(C2)C(=O)N(C)c2ccccc23)n1. The summed E-state index contributed by atoms with van der Waals surface area (Å²) in [6.07, 6.45) is 2.49. The molecule has 1 spiro atoms. The number of anilines is 1. The van der Waals surface area contributed by atoms with E-state index in [4.69, 9.17) is 9.26 Å². The van der Waals surface area contributed by atoms with E-state index in [1.54, 1.807) is 12.0 Å². The maximum absolute atomic E-state index is 13.1. The Morgan fingerprint density at radius 2 is 2.19 bits per heavy atom. The first-order chi connectivity index (χ1) is 12.6. The highest BCUT2D eigenvalue weighted by Crippen LogP contribution is 2.46. The molecule has 3 heterocycles.